The molecule has 0 aromatic heterocycles. The quantitative estimate of drug-likeness (QED) is 0.798. The minimum Gasteiger partial charge on any atom is -0.380 e. The van der Waals surface area contributed by atoms with Crippen LogP contribution in [-0.4, -0.2) is 35.2 Å². The van der Waals surface area contributed by atoms with Crippen LogP contribution < -0.4 is 10.0 Å². The first-order valence-corrected chi connectivity index (χ1v) is 7.72. The molecule has 0 amide bonds. The number of ether oxygens (including phenoxy) is 1. The molecule has 0 spiro atoms. The van der Waals surface area contributed by atoms with Crippen molar-refractivity contribution in [1.82, 2.24) is 10.0 Å². The highest BCUT2D eigenvalue weighted by Crippen LogP contribution is 2.20. The lowest BCUT2D eigenvalue weighted by Crippen LogP contribution is -2.31. The van der Waals surface area contributed by atoms with Gasteiger partial charge in [0.1, 0.15) is 0 Å². The summed E-state index contributed by atoms with van der Waals surface area (Å²) in [4.78, 5) is 0.153. The Morgan fingerprint density at radius 3 is 2.63 bits per heavy atom. The van der Waals surface area contributed by atoms with Crippen molar-refractivity contribution >= 4 is 21.6 Å². The normalized spacial score (nSPS) is 13.5. The van der Waals surface area contributed by atoms with E-state index in [-0.39, 0.29) is 17.5 Å². The van der Waals surface area contributed by atoms with Crippen LogP contribution in [0.25, 0.3) is 0 Å². The van der Waals surface area contributed by atoms with Crippen LogP contribution >= 0.6 is 11.6 Å². The number of hydrogen-bond donors (Lipinski definition) is 2. The molecule has 108 valence electrons. The monoisotopic (exact) mass is 306 g/mol. The Kier molecular flexibility index (Phi) is 6.22. The summed E-state index contributed by atoms with van der Waals surface area (Å²) in [6, 6.07) is 4.69. The SMILES string of the molecule is CNCc1ccc(S(=O)(=O)NCC(C)OC)cc1Cl. The van der Waals surface area contributed by atoms with Gasteiger partial charge in [-0.05, 0) is 31.7 Å². The fraction of sp³-hybridized carbons (Fsp3) is 0.500. The zero-order valence-electron chi connectivity index (χ0n) is 11.2. The second-order valence-corrected chi connectivity index (χ2v) is 6.36. The van der Waals surface area contributed by atoms with E-state index in [1.54, 1.807) is 26.1 Å². The van der Waals surface area contributed by atoms with Crippen molar-refractivity contribution in [3.05, 3.63) is 28.8 Å². The Morgan fingerprint density at radius 2 is 2.11 bits per heavy atom. The third-order valence-corrected chi connectivity index (χ3v) is 4.44. The molecule has 2 N–H and O–H groups in total. The number of nitrogens with one attached hydrogen (secondary N) is 2. The van der Waals surface area contributed by atoms with Gasteiger partial charge in [-0.3, -0.25) is 0 Å². The number of halogens is 1. The Balaban J connectivity index is 2.87. The zero-order valence-corrected chi connectivity index (χ0v) is 12.8. The van der Waals surface area contributed by atoms with Crippen LogP contribution in [0, 0.1) is 0 Å². The van der Waals surface area contributed by atoms with E-state index in [1.807, 2.05) is 0 Å². The number of rotatable bonds is 7. The Labute approximate surface area is 119 Å². The average Bonchev–Trinajstić information content (AvgIpc) is 2.38. The largest absolute Gasteiger partial charge is 0.380 e. The molecule has 0 heterocycles. The molecule has 1 unspecified atom stereocenters. The van der Waals surface area contributed by atoms with E-state index in [0.717, 1.165) is 5.56 Å². The highest BCUT2D eigenvalue weighted by Gasteiger charge is 2.16. The van der Waals surface area contributed by atoms with Crippen LogP contribution in [-0.2, 0) is 21.3 Å². The molecule has 0 saturated heterocycles. The summed E-state index contributed by atoms with van der Waals surface area (Å²) in [5, 5.41) is 3.39. The lowest BCUT2D eigenvalue weighted by Gasteiger charge is -2.12. The van der Waals surface area contributed by atoms with Gasteiger partial charge >= 0.3 is 0 Å². The fourth-order valence-electron chi connectivity index (χ4n) is 1.42. The Hall–Kier alpha value is -0.660. The molecule has 1 aromatic carbocycles. The summed E-state index contributed by atoms with van der Waals surface area (Å²) >= 11 is 6.05. The van der Waals surface area contributed by atoms with E-state index >= 15 is 0 Å². The summed E-state index contributed by atoms with van der Waals surface area (Å²) in [5.74, 6) is 0. The maximum absolute atomic E-state index is 12.0. The first kappa shape index (κ1) is 16.4. The van der Waals surface area contributed by atoms with E-state index in [2.05, 4.69) is 10.0 Å². The van der Waals surface area contributed by atoms with Crippen LogP contribution in [0.2, 0.25) is 5.02 Å². The molecule has 0 aliphatic heterocycles. The minimum absolute atomic E-state index is 0.153. The molecule has 1 aromatic rings. The molecule has 5 nitrogen and oxygen atoms in total. The lowest BCUT2D eigenvalue weighted by molar-refractivity contribution is 0.122. The molecule has 0 saturated carbocycles. The molecule has 1 atom stereocenters. The standard InChI is InChI=1S/C12H19ClN2O3S/c1-9(18-3)7-15-19(16,17)11-5-4-10(8-14-2)12(13)6-11/h4-6,9,14-15H,7-8H2,1-3H3. The summed E-state index contributed by atoms with van der Waals surface area (Å²) in [6.45, 7) is 2.59. The second kappa shape index (κ2) is 7.21. The van der Waals surface area contributed by atoms with Gasteiger partial charge in [0.25, 0.3) is 0 Å². The molecule has 7 heteroatoms. The maximum atomic E-state index is 12.0. The molecular weight excluding hydrogens is 288 g/mol. The number of sulfonamides is 1. The van der Waals surface area contributed by atoms with E-state index in [4.69, 9.17) is 16.3 Å². The van der Waals surface area contributed by atoms with Crippen LogP contribution in [0.4, 0.5) is 0 Å². The van der Waals surface area contributed by atoms with Gasteiger partial charge < -0.3 is 10.1 Å². The first-order chi connectivity index (χ1) is 8.90. The van der Waals surface area contributed by atoms with Crippen molar-refractivity contribution in [2.45, 2.75) is 24.5 Å². The second-order valence-electron chi connectivity index (χ2n) is 4.18. The third-order valence-electron chi connectivity index (χ3n) is 2.67. The minimum atomic E-state index is -3.55. The van der Waals surface area contributed by atoms with Crippen LogP contribution in [0.3, 0.4) is 0 Å². The lowest BCUT2D eigenvalue weighted by atomic mass is 10.2. The van der Waals surface area contributed by atoms with Gasteiger partial charge in [0.2, 0.25) is 10.0 Å². The average molecular weight is 307 g/mol. The van der Waals surface area contributed by atoms with Gasteiger partial charge in [-0.25, -0.2) is 13.1 Å². The fourth-order valence-corrected chi connectivity index (χ4v) is 2.88. The Bertz CT molecular complexity index is 520. The number of methoxy groups -OCH3 is 1. The van der Waals surface area contributed by atoms with Crippen LogP contribution in [0.1, 0.15) is 12.5 Å². The Morgan fingerprint density at radius 1 is 1.42 bits per heavy atom. The number of hydrogen-bond acceptors (Lipinski definition) is 4. The van der Waals surface area contributed by atoms with Gasteiger partial charge in [0.05, 0.1) is 11.0 Å². The van der Waals surface area contributed by atoms with Crippen LogP contribution in [0.15, 0.2) is 23.1 Å². The molecule has 19 heavy (non-hydrogen) atoms. The summed E-state index contributed by atoms with van der Waals surface area (Å²) in [6.07, 6.45) is -0.186. The van der Waals surface area contributed by atoms with Crippen molar-refractivity contribution in [3.63, 3.8) is 0 Å². The summed E-state index contributed by atoms with van der Waals surface area (Å²) in [7, 11) is -0.224. The van der Waals surface area contributed by atoms with Gasteiger partial charge in [0, 0.05) is 25.2 Å². The van der Waals surface area contributed by atoms with E-state index in [1.165, 1.54) is 13.2 Å². The van der Waals surface area contributed by atoms with Crippen molar-refractivity contribution in [1.29, 1.82) is 0 Å². The van der Waals surface area contributed by atoms with E-state index < -0.39 is 10.0 Å². The summed E-state index contributed by atoms with van der Waals surface area (Å²) < 4.78 is 31.5. The van der Waals surface area contributed by atoms with Crippen molar-refractivity contribution < 1.29 is 13.2 Å². The van der Waals surface area contributed by atoms with Gasteiger partial charge in [-0.15, -0.1) is 0 Å². The summed E-state index contributed by atoms with van der Waals surface area (Å²) in [5.41, 5.74) is 0.855. The predicted molar refractivity (Wildman–Crippen MR) is 75.9 cm³/mol. The zero-order chi connectivity index (χ0) is 14.5. The molecule has 1 rings (SSSR count). The maximum Gasteiger partial charge on any atom is 0.240 e. The molecular formula is C12H19ClN2O3S. The van der Waals surface area contributed by atoms with Gasteiger partial charge in [0.15, 0.2) is 0 Å². The van der Waals surface area contributed by atoms with Crippen molar-refractivity contribution in [2.24, 2.45) is 0 Å². The van der Waals surface area contributed by atoms with Crippen LogP contribution in [0.5, 0.6) is 0 Å². The molecule has 0 aliphatic carbocycles. The highest BCUT2D eigenvalue weighted by atomic mass is 35.5. The predicted octanol–water partition coefficient (Wildman–Crippen LogP) is 1.37. The molecule has 0 aliphatic rings. The molecule has 0 radical (unpaired) electrons. The van der Waals surface area contributed by atoms with Crippen molar-refractivity contribution in [2.75, 3.05) is 20.7 Å². The molecule has 0 fully saturated rings. The highest BCUT2D eigenvalue weighted by molar-refractivity contribution is 7.89. The first-order valence-electron chi connectivity index (χ1n) is 5.86. The topological polar surface area (TPSA) is 67.4 Å². The van der Waals surface area contributed by atoms with E-state index in [9.17, 15) is 8.42 Å². The van der Waals surface area contributed by atoms with E-state index in [0.29, 0.717) is 11.6 Å². The van der Waals surface area contributed by atoms with Gasteiger partial charge in [-0.1, -0.05) is 17.7 Å². The third kappa shape index (κ3) is 4.74. The number of benzene rings is 1. The molecule has 0 bridgehead atoms. The van der Waals surface area contributed by atoms with Gasteiger partial charge in [-0.2, -0.15) is 0 Å². The smallest absolute Gasteiger partial charge is 0.240 e. The van der Waals surface area contributed by atoms with Crippen molar-refractivity contribution in [3.8, 4) is 0 Å².